The molecule has 0 rings (SSSR count). The third-order valence-corrected chi connectivity index (χ3v) is 2.23. The molecule has 0 aliphatic carbocycles. The first-order chi connectivity index (χ1) is 7.68. The van der Waals surface area contributed by atoms with Gasteiger partial charge in [-0.05, 0) is 13.0 Å². The van der Waals surface area contributed by atoms with Crippen molar-refractivity contribution in [3.8, 4) is 0 Å². The number of aliphatic carboxylic acids is 1. The number of carboxylic acid groups (broad SMARTS) is 1. The average Bonchev–Trinajstić information content (AvgIpc) is 2.29. The van der Waals surface area contributed by atoms with E-state index in [4.69, 9.17) is 10.8 Å². The van der Waals surface area contributed by atoms with Crippen molar-refractivity contribution >= 4 is 5.97 Å². The van der Waals surface area contributed by atoms with Crippen molar-refractivity contribution in [1.29, 1.82) is 0 Å². The van der Waals surface area contributed by atoms with Crippen LogP contribution in [0.1, 0.15) is 58.3 Å². The van der Waals surface area contributed by atoms with Crippen LogP contribution in [0, 0.1) is 0 Å². The van der Waals surface area contributed by atoms with Crippen LogP contribution in [0.5, 0.6) is 0 Å². The Hall–Kier alpha value is -0.610. The Kier molecular flexibility index (Phi) is 18.7. The van der Waals surface area contributed by atoms with Crippen molar-refractivity contribution in [1.82, 2.24) is 0 Å². The van der Waals surface area contributed by atoms with Crippen molar-refractivity contribution in [2.75, 3.05) is 13.1 Å². The first-order valence-corrected chi connectivity index (χ1v) is 6.30. The van der Waals surface area contributed by atoms with Crippen LogP contribution in [0.3, 0.4) is 0 Å². The quantitative estimate of drug-likeness (QED) is 0.531. The summed E-state index contributed by atoms with van der Waals surface area (Å²) in [6, 6.07) is 0. The van der Waals surface area contributed by atoms with Crippen LogP contribution in [-0.2, 0) is 4.79 Å². The second-order valence-electron chi connectivity index (χ2n) is 3.86. The summed E-state index contributed by atoms with van der Waals surface area (Å²) in [4.78, 5) is 9.24. The summed E-state index contributed by atoms with van der Waals surface area (Å²) < 4.78 is 0. The molecule has 0 spiro atoms. The van der Waals surface area contributed by atoms with Gasteiger partial charge in [-0.3, -0.25) is 4.79 Å². The number of unbranched alkanes of at least 4 members (excludes halogenated alkanes) is 7. The molecule has 0 heterocycles. The lowest BCUT2D eigenvalue weighted by molar-refractivity contribution is -0.135. The van der Waals surface area contributed by atoms with E-state index in [2.05, 4.69) is 12.7 Å². The van der Waals surface area contributed by atoms with Gasteiger partial charge in [0.2, 0.25) is 0 Å². The molecule has 0 amide bonds. The molecule has 98 valence electrons. The maximum atomic E-state index is 9.24. The highest BCUT2D eigenvalue weighted by molar-refractivity contribution is 5.68. The molecule has 4 nitrogen and oxygen atoms in total. The van der Waals surface area contributed by atoms with E-state index in [0.29, 0.717) is 0 Å². The lowest BCUT2D eigenvalue weighted by Crippen LogP contribution is -2.10. The molecule has 0 fully saturated rings. The molecule has 16 heavy (non-hydrogen) atoms. The van der Waals surface area contributed by atoms with Crippen LogP contribution in [0.2, 0.25) is 0 Å². The van der Waals surface area contributed by atoms with Gasteiger partial charge in [-0.1, -0.05) is 51.9 Å². The monoisotopic (exact) mass is 232 g/mol. The molecule has 0 saturated heterocycles. The Labute approximate surface area is 99.4 Å². The Bertz CT molecular complexity index is 133. The van der Waals surface area contributed by atoms with E-state index >= 15 is 0 Å². The lowest BCUT2D eigenvalue weighted by atomic mass is 10.1. The van der Waals surface area contributed by atoms with Crippen molar-refractivity contribution in [3.63, 3.8) is 0 Å². The summed E-state index contributed by atoms with van der Waals surface area (Å²) in [6.07, 6.45) is 11.0. The normalized spacial score (nSPS) is 9.44. The van der Waals surface area contributed by atoms with Gasteiger partial charge in [0.1, 0.15) is 0 Å². The second-order valence-corrected chi connectivity index (χ2v) is 3.86. The van der Waals surface area contributed by atoms with Gasteiger partial charge in [-0.25, -0.2) is 0 Å². The van der Waals surface area contributed by atoms with Crippen LogP contribution < -0.4 is 11.5 Å². The first kappa shape index (κ1) is 17.8. The lowest BCUT2D eigenvalue weighted by Gasteiger charge is -1.99. The first-order valence-electron chi connectivity index (χ1n) is 6.30. The van der Waals surface area contributed by atoms with E-state index in [1.54, 1.807) is 0 Å². The molecule has 0 bridgehead atoms. The molecule has 4 heteroatoms. The topological polar surface area (TPSA) is 89.3 Å². The minimum absolute atomic E-state index is 0.278. The fraction of sp³-hybridized carbons (Fsp3) is 0.917. The molecule has 0 atom stereocenters. The zero-order chi connectivity index (χ0) is 12.6. The van der Waals surface area contributed by atoms with Gasteiger partial charge in [0.15, 0.2) is 0 Å². The van der Waals surface area contributed by atoms with E-state index in [1.807, 2.05) is 0 Å². The van der Waals surface area contributed by atoms with Crippen molar-refractivity contribution in [2.24, 2.45) is 11.5 Å². The third-order valence-electron chi connectivity index (χ3n) is 2.23. The van der Waals surface area contributed by atoms with Gasteiger partial charge < -0.3 is 16.6 Å². The van der Waals surface area contributed by atoms with E-state index in [0.717, 1.165) is 6.54 Å². The van der Waals surface area contributed by atoms with Crippen molar-refractivity contribution < 1.29 is 9.90 Å². The van der Waals surface area contributed by atoms with Crippen molar-refractivity contribution in [2.45, 2.75) is 58.3 Å². The van der Waals surface area contributed by atoms with E-state index in [-0.39, 0.29) is 6.54 Å². The van der Waals surface area contributed by atoms with Gasteiger partial charge in [-0.2, -0.15) is 0 Å². The Morgan fingerprint density at radius 2 is 1.31 bits per heavy atom. The predicted octanol–water partition coefficient (Wildman–Crippen LogP) is 2.12. The molecular weight excluding hydrogens is 204 g/mol. The predicted molar refractivity (Wildman–Crippen MR) is 68.4 cm³/mol. The van der Waals surface area contributed by atoms with E-state index in [1.165, 1.54) is 51.4 Å². The Morgan fingerprint density at radius 3 is 1.62 bits per heavy atom. The summed E-state index contributed by atoms with van der Waals surface area (Å²) in [6.45, 7) is 2.85. The van der Waals surface area contributed by atoms with Crippen LogP contribution >= 0.6 is 0 Å². The molecule has 0 aliphatic heterocycles. The molecule has 0 aromatic carbocycles. The molecule has 0 aliphatic rings. The largest absolute Gasteiger partial charge is 0.480 e. The highest BCUT2D eigenvalue weighted by Gasteiger charge is 1.89. The van der Waals surface area contributed by atoms with Crippen LogP contribution in [-0.4, -0.2) is 24.2 Å². The Morgan fingerprint density at radius 1 is 0.938 bits per heavy atom. The van der Waals surface area contributed by atoms with Crippen LogP contribution in [0.15, 0.2) is 0 Å². The standard InChI is InChI=1S/C10H23N.C2H5NO2/c1-2-3-4-5-6-7-8-9-10-11;3-1-2(4)5/h2-11H2,1H3;1,3H2,(H,4,5). The number of carbonyl (C=O) groups is 1. The van der Waals surface area contributed by atoms with E-state index in [9.17, 15) is 4.79 Å². The van der Waals surface area contributed by atoms with Crippen molar-refractivity contribution in [3.05, 3.63) is 0 Å². The third kappa shape index (κ3) is 23.3. The molecule has 0 saturated carbocycles. The zero-order valence-corrected chi connectivity index (χ0v) is 10.6. The maximum Gasteiger partial charge on any atom is 0.317 e. The average molecular weight is 232 g/mol. The SMILES string of the molecule is CCCCCCCCCCN.NCC(=O)O. The molecule has 5 N–H and O–H groups in total. The minimum atomic E-state index is -0.968. The zero-order valence-electron chi connectivity index (χ0n) is 10.6. The summed E-state index contributed by atoms with van der Waals surface area (Å²) in [5.74, 6) is -0.968. The molecule has 0 unspecified atom stereocenters. The van der Waals surface area contributed by atoms with Crippen LogP contribution in [0.25, 0.3) is 0 Å². The van der Waals surface area contributed by atoms with Gasteiger partial charge in [0, 0.05) is 0 Å². The fourth-order valence-corrected chi connectivity index (χ4v) is 1.28. The molecule has 0 aromatic rings. The number of rotatable bonds is 9. The molecule has 0 radical (unpaired) electrons. The summed E-state index contributed by atoms with van der Waals surface area (Å²) in [7, 11) is 0. The minimum Gasteiger partial charge on any atom is -0.480 e. The summed E-state index contributed by atoms with van der Waals surface area (Å²) in [5, 5.41) is 7.60. The van der Waals surface area contributed by atoms with Gasteiger partial charge in [0.25, 0.3) is 0 Å². The van der Waals surface area contributed by atoms with Gasteiger partial charge in [0.05, 0.1) is 6.54 Å². The Balaban J connectivity index is 0. The summed E-state index contributed by atoms with van der Waals surface area (Å²) in [5.41, 5.74) is 9.96. The van der Waals surface area contributed by atoms with Crippen LogP contribution in [0.4, 0.5) is 0 Å². The second kappa shape index (κ2) is 16.8. The fourth-order valence-electron chi connectivity index (χ4n) is 1.28. The smallest absolute Gasteiger partial charge is 0.317 e. The number of hydrogen-bond acceptors (Lipinski definition) is 3. The number of nitrogens with two attached hydrogens (primary N) is 2. The highest BCUT2D eigenvalue weighted by atomic mass is 16.4. The summed E-state index contributed by atoms with van der Waals surface area (Å²) >= 11 is 0. The highest BCUT2D eigenvalue weighted by Crippen LogP contribution is 2.07. The molecule has 0 aromatic heterocycles. The van der Waals surface area contributed by atoms with Gasteiger partial charge in [-0.15, -0.1) is 0 Å². The maximum absolute atomic E-state index is 9.24. The van der Waals surface area contributed by atoms with Gasteiger partial charge >= 0.3 is 5.97 Å². The molecular formula is C12H28N2O2. The van der Waals surface area contributed by atoms with E-state index < -0.39 is 5.97 Å². The number of carboxylic acids is 1. The number of hydrogen-bond donors (Lipinski definition) is 3.